The van der Waals surface area contributed by atoms with Gasteiger partial charge in [0.25, 0.3) is 0 Å². The lowest BCUT2D eigenvalue weighted by Gasteiger charge is -2.29. The summed E-state index contributed by atoms with van der Waals surface area (Å²) in [7, 11) is 0. The number of nitrogens with one attached hydrogen (secondary N) is 3. The summed E-state index contributed by atoms with van der Waals surface area (Å²) in [5, 5.41) is 23.5. The van der Waals surface area contributed by atoms with Crippen LogP contribution in [-0.4, -0.2) is 92.0 Å². The Kier molecular flexibility index (Phi) is 11.3. The molecule has 3 amide bonds. The number of aliphatic carboxylic acids is 2. The van der Waals surface area contributed by atoms with Gasteiger partial charge in [0.15, 0.2) is 0 Å². The average Bonchev–Trinajstić information content (AvgIpc) is 3.53. The van der Waals surface area contributed by atoms with Gasteiger partial charge >= 0.3 is 11.9 Å². The first-order valence-corrected chi connectivity index (χ1v) is 11.9. The number of H-pyrrole nitrogens is 1. The first-order chi connectivity index (χ1) is 17.1. The van der Waals surface area contributed by atoms with Crippen LogP contribution < -0.4 is 22.1 Å². The summed E-state index contributed by atoms with van der Waals surface area (Å²) in [4.78, 5) is 69.5. The molecule has 2 rings (SSSR count). The Hall–Kier alpha value is -3.52. The van der Waals surface area contributed by atoms with Crippen molar-refractivity contribution in [2.24, 2.45) is 11.5 Å². The van der Waals surface area contributed by atoms with E-state index in [1.807, 2.05) is 0 Å². The Morgan fingerprint density at radius 3 is 2.44 bits per heavy atom. The number of aromatic nitrogens is 2. The molecular formula is C22H35N7O7. The quantitative estimate of drug-likeness (QED) is 0.133. The summed E-state index contributed by atoms with van der Waals surface area (Å²) < 4.78 is 0. The van der Waals surface area contributed by atoms with Crippen LogP contribution in [0, 0.1) is 0 Å². The lowest BCUT2D eigenvalue weighted by Crippen LogP contribution is -2.57. The molecule has 1 fully saturated rings. The van der Waals surface area contributed by atoms with Crippen molar-refractivity contribution in [2.75, 3.05) is 13.1 Å². The van der Waals surface area contributed by atoms with E-state index < -0.39 is 53.8 Å². The number of imidazole rings is 1. The highest BCUT2D eigenvalue weighted by molar-refractivity contribution is 5.94. The third-order valence-electron chi connectivity index (χ3n) is 6.00. The monoisotopic (exact) mass is 509 g/mol. The molecule has 14 nitrogen and oxygen atoms in total. The zero-order valence-electron chi connectivity index (χ0n) is 20.0. The maximum Gasteiger partial charge on any atom is 0.326 e. The number of rotatable bonds is 15. The Balaban J connectivity index is 2.17. The third-order valence-corrected chi connectivity index (χ3v) is 6.00. The van der Waals surface area contributed by atoms with Crippen LogP contribution in [0.1, 0.15) is 50.6 Å². The summed E-state index contributed by atoms with van der Waals surface area (Å²) >= 11 is 0. The number of nitrogens with two attached hydrogens (primary N) is 2. The van der Waals surface area contributed by atoms with Crippen molar-refractivity contribution in [2.45, 2.75) is 75.5 Å². The van der Waals surface area contributed by atoms with Crippen molar-refractivity contribution in [1.82, 2.24) is 25.5 Å². The molecule has 1 aliphatic rings. The van der Waals surface area contributed by atoms with E-state index in [2.05, 4.69) is 20.6 Å². The van der Waals surface area contributed by atoms with Crippen LogP contribution in [0.3, 0.4) is 0 Å². The predicted octanol–water partition coefficient (Wildman–Crippen LogP) is -1.68. The zero-order valence-corrected chi connectivity index (χ0v) is 20.0. The number of nitrogens with zero attached hydrogens (tertiary/aromatic N) is 2. The molecule has 4 unspecified atom stereocenters. The number of unbranched alkanes of at least 4 members (excludes halogenated alkanes) is 1. The number of hydrogen-bond acceptors (Lipinski definition) is 8. The summed E-state index contributed by atoms with van der Waals surface area (Å²) in [5.74, 6) is -4.10. The van der Waals surface area contributed by atoms with Crippen LogP contribution in [0.15, 0.2) is 12.5 Å². The van der Waals surface area contributed by atoms with Crippen molar-refractivity contribution in [3.8, 4) is 0 Å². The van der Waals surface area contributed by atoms with Crippen LogP contribution >= 0.6 is 0 Å². The van der Waals surface area contributed by atoms with Crippen molar-refractivity contribution in [1.29, 1.82) is 0 Å². The number of carbonyl (C=O) groups is 5. The zero-order chi connectivity index (χ0) is 26.7. The van der Waals surface area contributed by atoms with E-state index in [-0.39, 0.29) is 32.2 Å². The van der Waals surface area contributed by atoms with E-state index in [0.29, 0.717) is 37.9 Å². The van der Waals surface area contributed by atoms with Gasteiger partial charge in [0.2, 0.25) is 17.7 Å². The molecule has 1 aromatic heterocycles. The van der Waals surface area contributed by atoms with Gasteiger partial charge in [-0.15, -0.1) is 0 Å². The van der Waals surface area contributed by atoms with Crippen LogP contribution in [0.4, 0.5) is 0 Å². The molecule has 0 aliphatic carbocycles. The fraction of sp³-hybridized carbons (Fsp3) is 0.636. The van der Waals surface area contributed by atoms with E-state index in [9.17, 15) is 29.1 Å². The Morgan fingerprint density at radius 2 is 1.83 bits per heavy atom. The minimum atomic E-state index is -1.13. The number of carboxylic acid groups (broad SMARTS) is 2. The number of amides is 3. The lowest BCUT2D eigenvalue weighted by molar-refractivity contribution is -0.149. The molecular weight excluding hydrogens is 474 g/mol. The first-order valence-electron chi connectivity index (χ1n) is 11.9. The van der Waals surface area contributed by atoms with E-state index in [4.69, 9.17) is 16.6 Å². The van der Waals surface area contributed by atoms with Gasteiger partial charge in [0.1, 0.15) is 18.1 Å². The van der Waals surface area contributed by atoms with Crippen LogP contribution in [0.25, 0.3) is 0 Å². The third kappa shape index (κ3) is 8.61. The van der Waals surface area contributed by atoms with E-state index in [0.717, 1.165) is 0 Å². The van der Waals surface area contributed by atoms with Gasteiger partial charge in [0, 0.05) is 31.3 Å². The van der Waals surface area contributed by atoms with E-state index in [1.54, 1.807) is 0 Å². The normalized spacial score (nSPS) is 17.7. The van der Waals surface area contributed by atoms with Crippen molar-refractivity contribution in [3.63, 3.8) is 0 Å². The van der Waals surface area contributed by atoms with E-state index in [1.165, 1.54) is 17.4 Å². The van der Waals surface area contributed by atoms with Gasteiger partial charge < -0.3 is 42.2 Å². The molecule has 0 saturated carbocycles. The molecule has 14 heteroatoms. The van der Waals surface area contributed by atoms with Crippen LogP contribution in [-0.2, 0) is 30.4 Å². The predicted molar refractivity (Wildman–Crippen MR) is 126 cm³/mol. The highest BCUT2D eigenvalue weighted by atomic mass is 16.4. The highest BCUT2D eigenvalue weighted by Crippen LogP contribution is 2.19. The highest BCUT2D eigenvalue weighted by Gasteiger charge is 2.38. The lowest BCUT2D eigenvalue weighted by atomic mass is 10.0. The van der Waals surface area contributed by atoms with Gasteiger partial charge in [-0.05, 0) is 45.1 Å². The summed E-state index contributed by atoms with van der Waals surface area (Å²) in [6, 6.07) is -4.27. The molecule has 1 saturated heterocycles. The maximum absolute atomic E-state index is 13.3. The summed E-state index contributed by atoms with van der Waals surface area (Å²) in [5.41, 5.74) is 11.9. The van der Waals surface area contributed by atoms with Gasteiger partial charge in [-0.2, -0.15) is 0 Å². The van der Waals surface area contributed by atoms with Gasteiger partial charge in [-0.3, -0.25) is 19.2 Å². The maximum atomic E-state index is 13.3. The number of aromatic amines is 1. The summed E-state index contributed by atoms with van der Waals surface area (Å²) in [6.45, 7) is 0.632. The molecule has 0 spiro atoms. The molecule has 0 radical (unpaired) electrons. The van der Waals surface area contributed by atoms with Crippen LogP contribution in [0.5, 0.6) is 0 Å². The standard InChI is InChI=1S/C22H35N7O7/c23-8-2-1-4-15(27-19(32)14(24)6-7-18(30)31)20(33)28-16(10-13-11-25-12-26-13)21(34)29-9-3-5-17(29)22(35)36/h11-12,14-17H,1-10,23-24H2,(H,25,26)(H,27,32)(H,28,33)(H,30,31)(H,35,36). The molecule has 2 heterocycles. The second kappa shape index (κ2) is 14.1. The SMILES string of the molecule is NCCCCC(NC(=O)C(N)CCC(=O)O)C(=O)NC(Cc1cnc[nH]1)C(=O)N1CCCC1C(=O)O. The molecule has 1 aliphatic heterocycles. The number of likely N-dealkylation sites (tertiary alicyclic amines) is 1. The molecule has 0 bridgehead atoms. The van der Waals surface area contributed by atoms with Gasteiger partial charge in [-0.1, -0.05) is 0 Å². The molecule has 4 atom stereocenters. The Labute approximate surface area is 208 Å². The second-order valence-corrected chi connectivity index (χ2v) is 8.75. The van der Waals surface area contributed by atoms with Crippen molar-refractivity contribution in [3.05, 3.63) is 18.2 Å². The van der Waals surface area contributed by atoms with Gasteiger partial charge in [0.05, 0.1) is 12.4 Å². The Morgan fingerprint density at radius 1 is 1.11 bits per heavy atom. The minimum absolute atomic E-state index is 0.0367. The largest absolute Gasteiger partial charge is 0.481 e. The number of carbonyl (C=O) groups excluding carboxylic acids is 3. The number of hydrogen-bond donors (Lipinski definition) is 7. The minimum Gasteiger partial charge on any atom is -0.481 e. The van der Waals surface area contributed by atoms with E-state index >= 15 is 0 Å². The first kappa shape index (κ1) is 28.7. The molecule has 36 heavy (non-hydrogen) atoms. The summed E-state index contributed by atoms with van der Waals surface area (Å²) in [6.07, 6.45) is 4.70. The number of carboxylic acids is 2. The fourth-order valence-corrected chi connectivity index (χ4v) is 4.03. The molecule has 200 valence electrons. The smallest absolute Gasteiger partial charge is 0.326 e. The Bertz CT molecular complexity index is 909. The van der Waals surface area contributed by atoms with Crippen molar-refractivity contribution < 1.29 is 34.2 Å². The average molecular weight is 510 g/mol. The molecule has 1 aromatic rings. The fourth-order valence-electron chi connectivity index (χ4n) is 4.03. The topological polar surface area (TPSA) is 234 Å². The second-order valence-electron chi connectivity index (χ2n) is 8.75. The van der Waals surface area contributed by atoms with Crippen molar-refractivity contribution >= 4 is 29.7 Å². The van der Waals surface area contributed by atoms with Crippen LogP contribution in [0.2, 0.25) is 0 Å². The van der Waals surface area contributed by atoms with Gasteiger partial charge in [-0.25, -0.2) is 9.78 Å². The molecule has 9 N–H and O–H groups in total. The molecule has 0 aromatic carbocycles.